The Hall–Kier alpha value is -4.20. The van der Waals surface area contributed by atoms with Gasteiger partial charge in [0.05, 0.1) is 0 Å². The number of aryl methyl sites for hydroxylation is 2. The third-order valence-corrected chi connectivity index (χ3v) is 6.85. The van der Waals surface area contributed by atoms with Gasteiger partial charge >= 0.3 is 5.97 Å². The number of nitrogens with two attached hydrogens (primary N) is 1. The summed E-state index contributed by atoms with van der Waals surface area (Å²) in [6.07, 6.45) is 0.204. The first-order chi connectivity index (χ1) is 19.8. The molecule has 0 spiro atoms. The first kappa shape index (κ1) is 29.8. The predicted molar refractivity (Wildman–Crippen MR) is 158 cm³/mol. The molecule has 0 fully saturated rings. The standard InChI is InChI=1S/C34H37FN2O4/c1-24-8-5-10-26(18-24)22-40-32-14-4-3-12-28(32)20-37(17-16-31(36)34(38)39)21-29-30(35)13-7-15-33(29)41-23-27-11-6-9-25(2)19-27/h3-15,18-19,31H,16-17,20-23,36H2,1-2H3,(H,38,39)/t31-/m0/s1. The third kappa shape index (κ3) is 8.90. The molecule has 0 saturated heterocycles. The van der Waals surface area contributed by atoms with Crippen molar-refractivity contribution >= 4 is 5.97 Å². The summed E-state index contributed by atoms with van der Waals surface area (Å²) in [7, 11) is 0. The van der Waals surface area contributed by atoms with Crippen LogP contribution in [0.2, 0.25) is 0 Å². The van der Waals surface area contributed by atoms with Gasteiger partial charge in [0.2, 0.25) is 0 Å². The summed E-state index contributed by atoms with van der Waals surface area (Å²) < 4.78 is 27.5. The van der Waals surface area contributed by atoms with Crippen LogP contribution in [0.5, 0.6) is 11.5 Å². The Bertz CT molecular complexity index is 1460. The van der Waals surface area contributed by atoms with Crippen LogP contribution in [0, 0.1) is 19.7 Å². The molecule has 0 unspecified atom stereocenters. The Balaban J connectivity index is 1.55. The molecule has 0 radical (unpaired) electrons. The van der Waals surface area contributed by atoms with Gasteiger partial charge in [0, 0.05) is 30.8 Å². The molecule has 0 amide bonds. The number of carboxylic acids is 1. The summed E-state index contributed by atoms with van der Waals surface area (Å²) >= 11 is 0. The number of rotatable bonds is 14. The third-order valence-electron chi connectivity index (χ3n) is 6.85. The molecule has 4 aromatic rings. The van der Waals surface area contributed by atoms with Gasteiger partial charge in [0.15, 0.2) is 0 Å². The van der Waals surface area contributed by atoms with E-state index in [1.165, 1.54) is 6.07 Å². The monoisotopic (exact) mass is 556 g/mol. The zero-order valence-electron chi connectivity index (χ0n) is 23.6. The first-order valence-corrected chi connectivity index (χ1v) is 13.7. The Morgan fingerprint density at radius 3 is 2.05 bits per heavy atom. The van der Waals surface area contributed by atoms with Crippen molar-refractivity contribution in [1.82, 2.24) is 4.90 Å². The minimum atomic E-state index is -1.07. The number of ether oxygens (including phenoxy) is 2. The average Bonchev–Trinajstić information content (AvgIpc) is 2.95. The maximum absolute atomic E-state index is 15.2. The van der Waals surface area contributed by atoms with Crippen LogP contribution in [-0.4, -0.2) is 28.6 Å². The van der Waals surface area contributed by atoms with Gasteiger partial charge in [-0.3, -0.25) is 9.69 Å². The van der Waals surface area contributed by atoms with Crippen molar-refractivity contribution in [2.45, 2.75) is 52.6 Å². The van der Waals surface area contributed by atoms with E-state index in [0.717, 1.165) is 27.8 Å². The zero-order valence-corrected chi connectivity index (χ0v) is 23.6. The molecule has 214 valence electrons. The number of halogens is 1. The van der Waals surface area contributed by atoms with Crippen LogP contribution in [0.3, 0.4) is 0 Å². The molecule has 6 nitrogen and oxygen atoms in total. The van der Waals surface area contributed by atoms with Gasteiger partial charge in [0.1, 0.15) is 36.6 Å². The summed E-state index contributed by atoms with van der Waals surface area (Å²) in [6.45, 7) is 5.71. The van der Waals surface area contributed by atoms with Gasteiger partial charge in [-0.25, -0.2) is 4.39 Å². The second-order valence-corrected chi connectivity index (χ2v) is 10.3. The van der Waals surface area contributed by atoms with Crippen LogP contribution >= 0.6 is 0 Å². The number of benzene rings is 4. The summed E-state index contributed by atoms with van der Waals surface area (Å²) in [6, 6.07) is 27.6. The molecule has 0 aromatic heterocycles. The lowest BCUT2D eigenvalue weighted by molar-refractivity contribution is -0.138. The number of nitrogens with zero attached hydrogens (tertiary/aromatic N) is 1. The Kier molecular flexibility index (Phi) is 10.5. The minimum Gasteiger partial charge on any atom is -0.489 e. The number of aliphatic carboxylic acids is 1. The summed E-state index contributed by atoms with van der Waals surface area (Å²) in [5.74, 6) is -0.294. The minimum absolute atomic E-state index is 0.203. The van der Waals surface area contributed by atoms with Crippen LogP contribution in [-0.2, 0) is 31.1 Å². The van der Waals surface area contributed by atoms with Gasteiger partial charge < -0.3 is 20.3 Å². The van der Waals surface area contributed by atoms with E-state index in [2.05, 4.69) is 6.07 Å². The van der Waals surface area contributed by atoms with Crippen molar-refractivity contribution in [3.8, 4) is 11.5 Å². The van der Waals surface area contributed by atoms with Crippen molar-refractivity contribution in [2.24, 2.45) is 5.73 Å². The molecular weight excluding hydrogens is 519 g/mol. The van der Waals surface area contributed by atoms with Crippen LogP contribution in [0.1, 0.15) is 39.8 Å². The highest BCUT2D eigenvalue weighted by Crippen LogP contribution is 2.27. The Morgan fingerprint density at radius 1 is 0.829 bits per heavy atom. The van der Waals surface area contributed by atoms with E-state index >= 15 is 4.39 Å². The second kappa shape index (κ2) is 14.4. The van der Waals surface area contributed by atoms with Crippen molar-refractivity contribution < 1.29 is 23.8 Å². The molecule has 3 N–H and O–H groups in total. The zero-order chi connectivity index (χ0) is 29.2. The van der Waals surface area contributed by atoms with E-state index < -0.39 is 12.0 Å². The fourth-order valence-electron chi connectivity index (χ4n) is 4.65. The largest absolute Gasteiger partial charge is 0.489 e. The van der Waals surface area contributed by atoms with Gasteiger partial charge in [-0.2, -0.15) is 0 Å². The van der Waals surface area contributed by atoms with E-state index in [1.54, 1.807) is 12.1 Å². The molecule has 0 aliphatic heterocycles. The summed E-state index contributed by atoms with van der Waals surface area (Å²) in [5.41, 5.74) is 11.5. The molecule has 7 heteroatoms. The highest BCUT2D eigenvalue weighted by atomic mass is 19.1. The fraction of sp³-hybridized carbons (Fsp3) is 0.265. The van der Waals surface area contributed by atoms with Crippen LogP contribution in [0.4, 0.5) is 4.39 Å². The van der Waals surface area contributed by atoms with Crippen LogP contribution < -0.4 is 15.2 Å². The average molecular weight is 557 g/mol. The normalized spacial score (nSPS) is 11.8. The first-order valence-electron chi connectivity index (χ1n) is 13.7. The molecule has 0 aliphatic carbocycles. The molecular formula is C34H37FN2O4. The van der Waals surface area contributed by atoms with Crippen LogP contribution in [0.15, 0.2) is 91.0 Å². The maximum atomic E-state index is 15.2. The van der Waals surface area contributed by atoms with Gasteiger partial charge in [0.25, 0.3) is 0 Å². The van der Waals surface area contributed by atoms with Crippen molar-refractivity contribution in [1.29, 1.82) is 0 Å². The van der Waals surface area contributed by atoms with E-state index in [9.17, 15) is 9.90 Å². The predicted octanol–water partition coefficient (Wildman–Crippen LogP) is 6.40. The van der Waals surface area contributed by atoms with Gasteiger partial charge in [-0.15, -0.1) is 0 Å². The smallest absolute Gasteiger partial charge is 0.320 e. The lowest BCUT2D eigenvalue weighted by Gasteiger charge is -2.26. The Morgan fingerprint density at radius 2 is 1.41 bits per heavy atom. The molecule has 0 aliphatic rings. The van der Waals surface area contributed by atoms with Crippen molar-refractivity contribution in [3.05, 3.63) is 130 Å². The lowest BCUT2D eigenvalue weighted by Crippen LogP contribution is -2.35. The van der Waals surface area contributed by atoms with Gasteiger partial charge in [-0.1, -0.05) is 83.9 Å². The number of hydrogen-bond acceptors (Lipinski definition) is 5. The van der Waals surface area contributed by atoms with E-state index in [-0.39, 0.29) is 18.8 Å². The summed E-state index contributed by atoms with van der Waals surface area (Å²) in [5, 5.41) is 9.36. The Labute approximate surface area is 241 Å². The second-order valence-electron chi connectivity index (χ2n) is 10.3. The quantitative estimate of drug-likeness (QED) is 0.187. The van der Waals surface area contributed by atoms with E-state index in [4.69, 9.17) is 15.2 Å². The topological polar surface area (TPSA) is 85.0 Å². The molecule has 4 rings (SSSR count). The number of hydrogen-bond donors (Lipinski definition) is 2. The molecule has 41 heavy (non-hydrogen) atoms. The van der Waals surface area contributed by atoms with Crippen molar-refractivity contribution in [2.75, 3.05) is 6.54 Å². The maximum Gasteiger partial charge on any atom is 0.320 e. The molecule has 4 aromatic carbocycles. The molecule has 0 heterocycles. The molecule has 0 bridgehead atoms. The van der Waals surface area contributed by atoms with Crippen molar-refractivity contribution in [3.63, 3.8) is 0 Å². The van der Waals surface area contributed by atoms with Crippen LogP contribution in [0.25, 0.3) is 0 Å². The highest BCUT2D eigenvalue weighted by molar-refractivity contribution is 5.73. The number of carbonyl (C=O) groups is 1. The fourth-order valence-corrected chi connectivity index (χ4v) is 4.65. The molecule has 1 atom stereocenters. The lowest BCUT2D eigenvalue weighted by atomic mass is 10.1. The number of para-hydroxylation sites is 1. The SMILES string of the molecule is Cc1cccc(COc2ccccc2CN(CC[C@H](N)C(=O)O)Cc2c(F)cccc2OCc2cccc(C)c2)c1. The molecule has 0 saturated carbocycles. The van der Waals surface area contributed by atoms with Gasteiger partial charge in [-0.05, 0) is 49.6 Å². The number of carboxylic acid groups (broad SMARTS) is 1. The highest BCUT2D eigenvalue weighted by Gasteiger charge is 2.19. The van der Waals surface area contributed by atoms with E-state index in [1.807, 2.05) is 85.5 Å². The van der Waals surface area contributed by atoms with E-state index in [0.29, 0.717) is 43.4 Å². The summed E-state index contributed by atoms with van der Waals surface area (Å²) in [4.78, 5) is 13.4.